The van der Waals surface area contributed by atoms with Crippen LogP contribution in [0.5, 0.6) is 5.75 Å². The van der Waals surface area contributed by atoms with E-state index in [0.29, 0.717) is 6.04 Å². The van der Waals surface area contributed by atoms with Crippen molar-refractivity contribution in [1.29, 1.82) is 0 Å². The van der Waals surface area contributed by atoms with E-state index in [9.17, 15) is 0 Å². The third-order valence-corrected chi connectivity index (χ3v) is 3.52. The smallest absolute Gasteiger partial charge is 0.122 e. The van der Waals surface area contributed by atoms with Gasteiger partial charge in [0.15, 0.2) is 0 Å². The van der Waals surface area contributed by atoms with E-state index < -0.39 is 0 Å². The topological polar surface area (TPSA) is 21.3 Å². The highest BCUT2D eigenvalue weighted by molar-refractivity contribution is 5.37. The Labute approximate surface area is 118 Å². The summed E-state index contributed by atoms with van der Waals surface area (Å²) in [6, 6.07) is 6.99. The van der Waals surface area contributed by atoms with Crippen molar-refractivity contribution >= 4 is 0 Å². The number of hydrogen-bond donors (Lipinski definition) is 1. The summed E-state index contributed by atoms with van der Waals surface area (Å²) < 4.78 is 5.48. The molecule has 0 amide bonds. The van der Waals surface area contributed by atoms with Gasteiger partial charge in [0.2, 0.25) is 0 Å². The van der Waals surface area contributed by atoms with Crippen molar-refractivity contribution in [3.8, 4) is 5.75 Å². The molecule has 1 atom stereocenters. The van der Waals surface area contributed by atoms with Gasteiger partial charge in [-0.2, -0.15) is 0 Å². The van der Waals surface area contributed by atoms with Crippen LogP contribution in [0.4, 0.5) is 0 Å². The summed E-state index contributed by atoms with van der Waals surface area (Å²) >= 11 is 0. The summed E-state index contributed by atoms with van der Waals surface area (Å²) in [5, 5.41) is 3.50. The molecule has 1 unspecified atom stereocenters. The highest BCUT2D eigenvalue weighted by Gasteiger charge is 2.23. The molecule has 0 saturated carbocycles. The molecule has 0 aliphatic carbocycles. The minimum atomic E-state index is 0.267. The molecule has 0 aromatic heterocycles. The zero-order valence-electron chi connectivity index (χ0n) is 13.3. The maximum Gasteiger partial charge on any atom is 0.122 e. The van der Waals surface area contributed by atoms with Gasteiger partial charge < -0.3 is 10.1 Å². The van der Waals surface area contributed by atoms with Gasteiger partial charge in [0.05, 0.1) is 7.11 Å². The Morgan fingerprint density at radius 2 is 2.00 bits per heavy atom. The highest BCUT2D eigenvalue weighted by atomic mass is 16.5. The maximum absolute atomic E-state index is 5.48. The minimum Gasteiger partial charge on any atom is -0.496 e. The minimum absolute atomic E-state index is 0.267. The van der Waals surface area contributed by atoms with Crippen LogP contribution in [-0.2, 0) is 6.42 Å². The molecule has 0 spiro atoms. The SMILES string of the molecule is CCNC(C)CC(C)(C)Cc1cc(C)ccc1OC. The van der Waals surface area contributed by atoms with Gasteiger partial charge in [-0.25, -0.2) is 0 Å². The molecular formula is C17H29NO. The average Bonchev–Trinajstić information content (AvgIpc) is 2.28. The largest absolute Gasteiger partial charge is 0.496 e. The van der Waals surface area contributed by atoms with E-state index in [1.807, 2.05) is 0 Å². The van der Waals surface area contributed by atoms with Crippen LogP contribution in [0.15, 0.2) is 18.2 Å². The molecule has 0 aliphatic heterocycles. The van der Waals surface area contributed by atoms with Crippen LogP contribution in [0.1, 0.15) is 45.2 Å². The second kappa shape index (κ2) is 6.95. The van der Waals surface area contributed by atoms with E-state index in [4.69, 9.17) is 4.74 Å². The van der Waals surface area contributed by atoms with Crippen molar-refractivity contribution < 1.29 is 4.74 Å². The van der Waals surface area contributed by atoms with Crippen molar-refractivity contribution in [2.75, 3.05) is 13.7 Å². The second-order valence-corrected chi connectivity index (χ2v) is 6.32. The van der Waals surface area contributed by atoms with Gasteiger partial charge in [-0.15, -0.1) is 0 Å². The Kier molecular flexibility index (Phi) is 5.86. The van der Waals surface area contributed by atoms with Gasteiger partial charge in [-0.05, 0) is 50.3 Å². The molecule has 0 aliphatic rings. The lowest BCUT2D eigenvalue weighted by Gasteiger charge is -2.29. The lowest BCUT2D eigenvalue weighted by atomic mass is 9.80. The summed E-state index contributed by atoms with van der Waals surface area (Å²) in [4.78, 5) is 0. The van der Waals surface area contributed by atoms with Crippen molar-refractivity contribution in [3.05, 3.63) is 29.3 Å². The average molecular weight is 263 g/mol. The molecule has 0 heterocycles. The van der Waals surface area contributed by atoms with Crippen LogP contribution in [-0.4, -0.2) is 19.7 Å². The number of methoxy groups -OCH3 is 1. The molecule has 1 aromatic carbocycles. The fraction of sp³-hybridized carbons (Fsp3) is 0.647. The molecule has 108 valence electrons. The normalized spacial score (nSPS) is 13.4. The maximum atomic E-state index is 5.48. The number of benzene rings is 1. The van der Waals surface area contributed by atoms with Crippen molar-refractivity contribution in [2.45, 2.75) is 53.5 Å². The van der Waals surface area contributed by atoms with Gasteiger partial charge in [-0.3, -0.25) is 0 Å². The van der Waals surface area contributed by atoms with Crippen LogP contribution in [0, 0.1) is 12.3 Å². The van der Waals surface area contributed by atoms with Gasteiger partial charge in [0.25, 0.3) is 0 Å². The zero-order valence-corrected chi connectivity index (χ0v) is 13.3. The van der Waals surface area contributed by atoms with Gasteiger partial charge in [-0.1, -0.05) is 38.5 Å². The fourth-order valence-electron chi connectivity index (χ4n) is 2.88. The molecule has 2 heteroatoms. The third kappa shape index (κ3) is 5.23. The first-order valence-corrected chi connectivity index (χ1v) is 7.25. The van der Waals surface area contributed by atoms with Crippen molar-refractivity contribution in [3.63, 3.8) is 0 Å². The summed E-state index contributed by atoms with van der Waals surface area (Å²) in [6.07, 6.45) is 2.21. The Morgan fingerprint density at radius 1 is 1.32 bits per heavy atom. The van der Waals surface area contributed by atoms with E-state index in [1.165, 1.54) is 11.1 Å². The quantitative estimate of drug-likeness (QED) is 0.804. The Hall–Kier alpha value is -1.02. The van der Waals surface area contributed by atoms with E-state index in [2.05, 4.69) is 58.1 Å². The van der Waals surface area contributed by atoms with Crippen LogP contribution in [0.3, 0.4) is 0 Å². The van der Waals surface area contributed by atoms with Crippen LogP contribution >= 0.6 is 0 Å². The predicted molar refractivity (Wildman–Crippen MR) is 83.0 cm³/mol. The second-order valence-electron chi connectivity index (χ2n) is 6.32. The molecule has 19 heavy (non-hydrogen) atoms. The third-order valence-electron chi connectivity index (χ3n) is 3.52. The predicted octanol–water partition coefficient (Wildman–Crippen LogP) is 3.96. The first-order chi connectivity index (χ1) is 8.88. The molecule has 1 N–H and O–H groups in total. The molecule has 0 fully saturated rings. The number of nitrogens with one attached hydrogen (secondary N) is 1. The van der Waals surface area contributed by atoms with E-state index in [1.54, 1.807) is 7.11 Å². The standard InChI is InChI=1S/C17H29NO/c1-7-18-14(3)11-17(4,5)12-15-10-13(2)8-9-16(15)19-6/h8-10,14,18H,7,11-12H2,1-6H3. The zero-order chi connectivity index (χ0) is 14.5. The first kappa shape index (κ1) is 16.0. The summed E-state index contributed by atoms with van der Waals surface area (Å²) in [5.74, 6) is 1.01. The van der Waals surface area contributed by atoms with Crippen LogP contribution in [0.25, 0.3) is 0 Å². The van der Waals surface area contributed by atoms with Crippen molar-refractivity contribution in [1.82, 2.24) is 5.32 Å². The van der Waals surface area contributed by atoms with Crippen LogP contribution in [0.2, 0.25) is 0 Å². The summed E-state index contributed by atoms with van der Waals surface area (Å²) in [5.41, 5.74) is 2.88. The molecule has 1 rings (SSSR count). The Bertz CT molecular complexity index is 398. The monoisotopic (exact) mass is 263 g/mol. The highest BCUT2D eigenvalue weighted by Crippen LogP contribution is 2.32. The Balaban J connectivity index is 2.79. The number of aryl methyl sites for hydroxylation is 1. The van der Waals surface area contributed by atoms with Gasteiger partial charge in [0, 0.05) is 6.04 Å². The van der Waals surface area contributed by atoms with Crippen molar-refractivity contribution in [2.24, 2.45) is 5.41 Å². The molecule has 2 nitrogen and oxygen atoms in total. The molecule has 0 bridgehead atoms. The first-order valence-electron chi connectivity index (χ1n) is 7.25. The number of ether oxygens (including phenoxy) is 1. The number of rotatable bonds is 7. The van der Waals surface area contributed by atoms with Gasteiger partial charge in [0.1, 0.15) is 5.75 Å². The molecular weight excluding hydrogens is 234 g/mol. The van der Waals surface area contributed by atoms with Crippen LogP contribution < -0.4 is 10.1 Å². The summed E-state index contributed by atoms with van der Waals surface area (Å²) in [6.45, 7) is 12.3. The Morgan fingerprint density at radius 3 is 2.58 bits per heavy atom. The lowest BCUT2D eigenvalue weighted by Crippen LogP contribution is -2.32. The van der Waals surface area contributed by atoms with E-state index >= 15 is 0 Å². The molecule has 0 radical (unpaired) electrons. The molecule has 0 saturated heterocycles. The van der Waals surface area contributed by atoms with Gasteiger partial charge >= 0.3 is 0 Å². The molecule has 1 aromatic rings. The number of hydrogen-bond acceptors (Lipinski definition) is 2. The van der Waals surface area contributed by atoms with E-state index in [0.717, 1.165) is 25.1 Å². The fourth-order valence-corrected chi connectivity index (χ4v) is 2.88. The lowest BCUT2D eigenvalue weighted by molar-refractivity contribution is 0.284. The summed E-state index contributed by atoms with van der Waals surface area (Å²) in [7, 11) is 1.75. The van der Waals surface area contributed by atoms with E-state index in [-0.39, 0.29) is 5.41 Å².